The number of hydrogen-bond acceptors (Lipinski definition) is 2. The lowest BCUT2D eigenvalue weighted by Gasteiger charge is -2.06. The summed E-state index contributed by atoms with van der Waals surface area (Å²) in [6.45, 7) is 0. The molecule has 1 heterocycles. The molecule has 0 aliphatic rings. The molecule has 2 rings (SSSR count). The van der Waals surface area contributed by atoms with Gasteiger partial charge in [-0.15, -0.1) is 0 Å². The zero-order valence-electron chi connectivity index (χ0n) is 8.33. The molecule has 0 aliphatic carbocycles. The number of pyridine rings is 1. The average molecular weight is 215 g/mol. The molecule has 0 saturated heterocycles. The molecule has 0 amide bonds. The Labute approximate surface area is 92.0 Å². The zero-order valence-corrected chi connectivity index (χ0v) is 8.33. The number of benzene rings is 1. The third kappa shape index (κ3) is 1.72. The van der Waals surface area contributed by atoms with Crippen molar-refractivity contribution in [3.05, 3.63) is 59.4 Å². The molecule has 0 fully saturated rings. The Balaban J connectivity index is 2.68. The van der Waals surface area contributed by atoms with Crippen LogP contribution in [-0.2, 0) is 0 Å². The number of rotatable bonds is 2. The lowest BCUT2D eigenvalue weighted by atomic mass is 10.1. The zero-order chi connectivity index (χ0) is 11.5. The molecule has 1 N–H and O–H groups in total. The SMILES string of the molecule is O=C(O)c1ccc[n+]([O-])c1-c1ccccc1. The summed E-state index contributed by atoms with van der Waals surface area (Å²) in [5, 5.41) is 20.6. The first-order valence-corrected chi connectivity index (χ1v) is 4.71. The Morgan fingerprint density at radius 1 is 1.12 bits per heavy atom. The van der Waals surface area contributed by atoms with Crippen LogP contribution in [0.4, 0.5) is 0 Å². The molecule has 4 nitrogen and oxygen atoms in total. The molecular formula is C12H9NO3. The molecule has 0 bridgehead atoms. The molecule has 1 aromatic carbocycles. The minimum absolute atomic E-state index is 0.00343. The van der Waals surface area contributed by atoms with E-state index in [1.807, 2.05) is 6.07 Å². The Morgan fingerprint density at radius 2 is 1.81 bits per heavy atom. The fraction of sp³-hybridized carbons (Fsp3) is 0. The third-order valence-electron chi connectivity index (χ3n) is 2.24. The highest BCUT2D eigenvalue weighted by Crippen LogP contribution is 2.19. The van der Waals surface area contributed by atoms with Crippen LogP contribution in [-0.4, -0.2) is 11.1 Å². The van der Waals surface area contributed by atoms with Crippen LogP contribution in [0.1, 0.15) is 10.4 Å². The van der Waals surface area contributed by atoms with Crippen LogP contribution in [0, 0.1) is 5.21 Å². The predicted octanol–water partition coefficient (Wildman–Crippen LogP) is 1.69. The van der Waals surface area contributed by atoms with Crippen molar-refractivity contribution >= 4 is 5.97 Å². The van der Waals surface area contributed by atoms with E-state index in [-0.39, 0.29) is 11.3 Å². The summed E-state index contributed by atoms with van der Waals surface area (Å²) < 4.78 is 0.568. The molecule has 1 aromatic heterocycles. The molecule has 0 spiro atoms. The predicted molar refractivity (Wildman–Crippen MR) is 57.8 cm³/mol. The van der Waals surface area contributed by atoms with Crippen molar-refractivity contribution in [1.29, 1.82) is 0 Å². The van der Waals surface area contributed by atoms with Crippen molar-refractivity contribution < 1.29 is 14.6 Å². The van der Waals surface area contributed by atoms with Crippen molar-refractivity contribution in [3.8, 4) is 11.3 Å². The van der Waals surface area contributed by atoms with Gasteiger partial charge in [0, 0.05) is 11.6 Å². The van der Waals surface area contributed by atoms with E-state index in [0.29, 0.717) is 10.3 Å². The van der Waals surface area contributed by atoms with Crippen LogP contribution in [0.25, 0.3) is 11.3 Å². The maximum absolute atomic E-state index is 11.6. The van der Waals surface area contributed by atoms with Gasteiger partial charge >= 0.3 is 5.97 Å². The fourth-order valence-corrected chi connectivity index (χ4v) is 1.54. The fourth-order valence-electron chi connectivity index (χ4n) is 1.54. The lowest BCUT2D eigenvalue weighted by molar-refractivity contribution is -0.593. The first kappa shape index (κ1) is 10.2. The van der Waals surface area contributed by atoms with Gasteiger partial charge in [0.1, 0.15) is 5.56 Å². The second-order valence-electron chi connectivity index (χ2n) is 3.27. The first-order valence-electron chi connectivity index (χ1n) is 4.71. The third-order valence-corrected chi connectivity index (χ3v) is 2.24. The van der Waals surface area contributed by atoms with Crippen LogP contribution in [0.5, 0.6) is 0 Å². The van der Waals surface area contributed by atoms with E-state index in [1.165, 1.54) is 18.3 Å². The number of carbonyl (C=O) groups is 1. The van der Waals surface area contributed by atoms with Gasteiger partial charge in [0.2, 0.25) is 5.69 Å². The van der Waals surface area contributed by atoms with E-state index in [4.69, 9.17) is 5.11 Å². The second kappa shape index (κ2) is 4.02. The normalized spacial score (nSPS) is 10.0. The van der Waals surface area contributed by atoms with Crippen LogP contribution in [0.2, 0.25) is 0 Å². The first-order chi connectivity index (χ1) is 7.70. The van der Waals surface area contributed by atoms with E-state index in [2.05, 4.69) is 0 Å². The number of aromatic nitrogens is 1. The maximum atomic E-state index is 11.6. The average Bonchev–Trinajstić information content (AvgIpc) is 2.29. The summed E-state index contributed by atoms with van der Waals surface area (Å²) in [7, 11) is 0. The highest BCUT2D eigenvalue weighted by molar-refractivity contribution is 5.93. The molecule has 0 atom stereocenters. The van der Waals surface area contributed by atoms with Gasteiger partial charge in [-0.3, -0.25) is 0 Å². The van der Waals surface area contributed by atoms with Crippen molar-refractivity contribution in [2.24, 2.45) is 0 Å². The van der Waals surface area contributed by atoms with Crippen molar-refractivity contribution in [1.82, 2.24) is 0 Å². The molecule has 0 unspecified atom stereocenters. The minimum Gasteiger partial charge on any atom is -0.618 e. The van der Waals surface area contributed by atoms with Gasteiger partial charge in [0.05, 0.1) is 0 Å². The van der Waals surface area contributed by atoms with Gasteiger partial charge in [-0.05, 0) is 18.2 Å². The van der Waals surface area contributed by atoms with Gasteiger partial charge in [0.25, 0.3) is 0 Å². The van der Waals surface area contributed by atoms with Crippen molar-refractivity contribution in [3.63, 3.8) is 0 Å². The highest BCUT2D eigenvalue weighted by Gasteiger charge is 2.19. The number of hydrogen-bond donors (Lipinski definition) is 1. The standard InChI is InChI=1S/C12H9NO3/c14-12(15)10-7-4-8-13(16)11(10)9-5-2-1-3-6-9/h1-8H,(H,14,15). The Hall–Kier alpha value is -2.36. The summed E-state index contributed by atoms with van der Waals surface area (Å²) in [4.78, 5) is 11.0. The number of aromatic carboxylic acids is 1. The van der Waals surface area contributed by atoms with Crippen LogP contribution >= 0.6 is 0 Å². The molecule has 0 aliphatic heterocycles. The quantitative estimate of drug-likeness (QED) is 0.612. The van der Waals surface area contributed by atoms with E-state index in [9.17, 15) is 10.0 Å². The van der Waals surface area contributed by atoms with Gasteiger partial charge < -0.3 is 10.3 Å². The molecule has 16 heavy (non-hydrogen) atoms. The summed E-state index contributed by atoms with van der Waals surface area (Å²) in [6, 6.07) is 11.6. The minimum atomic E-state index is -1.11. The Kier molecular flexibility index (Phi) is 2.55. The van der Waals surface area contributed by atoms with Crippen LogP contribution < -0.4 is 4.73 Å². The molecular weight excluding hydrogens is 206 g/mol. The largest absolute Gasteiger partial charge is 0.618 e. The van der Waals surface area contributed by atoms with Gasteiger partial charge in [-0.2, -0.15) is 4.73 Å². The lowest BCUT2D eigenvalue weighted by Crippen LogP contribution is -2.30. The summed E-state index contributed by atoms with van der Waals surface area (Å²) >= 11 is 0. The Bertz CT molecular complexity index is 523. The van der Waals surface area contributed by atoms with Crippen LogP contribution in [0.3, 0.4) is 0 Å². The van der Waals surface area contributed by atoms with E-state index >= 15 is 0 Å². The van der Waals surface area contributed by atoms with Crippen molar-refractivity contribution in [2.75, 3.05) is 0 Å². The number of carboxylic acid groups (broad SMARTS) is 1. The number of nitrogens with zero attached hydrogens (tertiary/aromatic N) is 1. The Morgan fingerprint density at radius 3 is 2.44 bits per heavy atom. The van der Waals surface area contributed by atoms with Crippen molar-refractivity contribution in [2.45, 2.75) is 0 Å². The maximum Gasteiger partial charge on any atom is 0.342 e. The van der Waals surface area contributed by atoms with E-state index in [1.54, 1.807) is 24.3 Å². The highest BCUT2D eigenvalue weighted by atomic mass is 16.5. The molecule has 0 saturated carbocycles. The summed E-state index contributed by atoms with van der Waals surface area (Å²) in [5.74, 6) is -1.11. The molecule has 2 aromatic rings. The van der Waals surface area contributed by atoms with Crippen LogP contribution in [0.15, 0.2) is 48.7 Å². The monoisotopic (exact) mass is 215 g/mol. The summed E-state index contributed by atoms with van der Waals surface area (Å²) in [6.07, 6.45) is 1.29. The topological polar surface area (TPSA) is 64.2 Å². The molecule has 0 radical (unpaired) electrons. The van der Waals surface area contributed by atoms with Gasteiger partial charge in [-0.1, -0.05) is 18.2 Å². The van der Waals surface area contributed by atoms with Gasteiger partial charge in [0.15, 0.2) is 6.20 Å². The molecule has 4 heteroatoms. The number of carboxylic acids is 1. The smallest absolute Gasteiger partial charge is 0.342 e. The van der Waals surface area contributed by atoms with Gasteiger partial charge in [-0.25, -0.2) is 4.79 Å². The van der Waals surface area contributed by atoms with E-state index < -0.39 is 5.97 Å². The second-order valence-corrected chi connectivity index (χ2v) is 3.27. The van der Waals surface area contributed by atoms with E-state index in [0.717, 1.165) is 0 Å². The molecule has 80 valence electrons. The summed E-state index contributed by atoms with van der Waals surface area (Å²) in [5.41, 5.74) is 0.759.